The summed E-state index contributed by atoms with van der Waals surface area (Å²) < 4.78 is 4.98. The monoisotopic (exact) mass is 379 g/mol. The highest BCUT2D eigenvalue weighted by Gasteiger charge is 2.23. The van der Waals surface area contributed by atoms with Crippen LogP contribution in [0.25, 0.3) is 0 Å². The third kappa shape index (κ3) is 6.55. The molecule has 1 heterocycles. The van der Waals surface area contributed by atoms with Crippen LogP contribution in [0.2, 0.25) is 0 Å². The zero-order chi connectivity index (χ0) is 18.9. The number of nitrogens with one attached hydrogen (secondary N) is 3. The fourth-order valence-corrected chi connectivity index (χ4v) is 3.26. The number of ether oxygens (including phenoxy) is 1. The molecule has 144 valence electrons. The largest absolute Gasteiger partial charge is 0.385 e. The SMILES string of the molecule is COCCCNC(=O)C[NH+]1CCN(C(=S)Nc2ccc(C)c(C)c2)CC1. The van der Waals surface area contributed by atoms with E-state index in [9.17, 15) is 4.79 Å². The number of thiocarbonyl (C=S) groups is 1. The van der Waals surface area contributed by atoms with E-state index in [1.807, 2.05) is 0 Å². The maximum Gasteiger partial charge on any atom is 0.275 e. The highest BCUT2D eigenvalue weighted by atomic mass is 32.1. The first-order valence-electron chi connectivity index (χ1n) is 9.22. The minimum Gasteiger partial charge on any atom is -0.385 e. The molecule has 0 unspecified atom stereocenters. The van der Waals surface area contributed by atoms with E-state index in [-0.39, 0.29) is 5.91 Å². The number of methoxy groups -OCH3 is 1. The second-order valence-corrected chi connectivity index (χ2v) is 7.23. The predicted octanol–water partition coefficient (Wildman–Crippen LogP) is 0.353. The van der Waals surface area contributed by atoms with Gasteiger partial charge in [0.25, 0.3) is 5.91 Å². The zero-order valence-electron chi connectivity index (χ0n) is 16.1. The zero-order valence-corrected chi connectivity index (χ0v) is 16.9. The molecule has 1 amide bonds. The van der Waals surface area contributed by atoms with Gasteiger partial charge in [-0.1, -0.05) is 6.07 Å². The van der Waals surface area contributed by atoms with E-state index in [2.05, 4.69) is 47.6 Å². The molecule has 26 heavy (non-hydrogen) atoms. The summed E-state index contributed by atoms with van der Waals surface area (Å²) in [6.45, 7) is 9.65. The van der Waals surface area contributed by atoms with Gasteiger partial charge in [0.1, 0.15) is 0 Å². The third-order valence-electron chi connectivity index (χ3n) is 4.77. The number of hydrogen-bond donors (Lipinski definition) is 3. The van der Waals surface area contributed by atoms with E-state index in [0.717, 1.165) is 43.4 Å². The fraction of sp³-hybridized carbons (Fsp3) is 0.579. The normalized spacial score (nSPS) is 15.0. The number of benzene rings is 1. The summed E-state index contributed by atoms with van der Waals surface area (Å²) >= 11 is 5.56. The van der Waals surface area contributed by atoms with Gasteiger partial charge < -0.3 is 25.2 Å². The van der Waals surface area contributed by atoms with Crippen LogP contribution in [0.4, 0.5) is 5.69 Å². The molecular weight excluding hydrogens is 348 g/mol. The number of nitrogens with zero attached hydrogens (tertiary/aromatic N) is 1. The average molecular weight is 380 g/mol. The van der Waals surface area contributed by atoms with Gasteiger partial charge in [-0.3, -0.25) is 4.79 Å². The highest BCUT2D eigenvalue weighted by molar-refractivity contribution is 7.80. The Morgan fingerprint density at radius 3 is 2.65 bits per heavy atom. The molecule has 0 aromatic heterocycles. The van der Waals surface area contributed by atoms with Crippen LogP contribution in [0.5, 0.6) is 0 Å². The lowest BCUT2D eigenvalue weighted by molar-refractivity contribution is -0.895. The summed E-state index contributed by atoms with van der Waals surface area (Å²) in [5.41, 5.74) is 3.56. The number of rotatable bonds is 7. The average Bonchev–Trinajstić information content (AvgIpc) is 2.62. The second kappa shape index (κ2) is 10.4. The van der Waals surface area contributed by atoms with Gasteiger partial charge in [-0.15, -0.1) is 0 Å². The molecule has 0 bridgehead atoms. The molecule has 0 atom stereocenters. The van der Waals surface area contributed by atoms with Crippen LogP contribution in [-0.4, -0.2) is 68.9 Å². The van der Waals surface area contributed by atoms with E-state index in [0.29, 0.717) is 19.7 Å². The molecule has 1 fully saturated rings. The molecule has 0 radical (unpaired) electrons. The van der Waals surface area contributed by atoms with Crippen molar-refractivity contribution in [3.8, 4) is 0 Å². The van der Waals surface area contributed by atoms with Gasteiger partial charge in [-0.25, -0.2) is 0 Å². The third-order valence-corrected chi connectivity index (χ3v) is 5.13. The second-order valence-electron chi connectivity index (χ2n) is 6.84. The predicted molar refractivity (Wildman–Crippen MR) is 109 cm³/mol. The minimum atomic E-state index is 0.111. The molecule has 6 nitrogen and oxygen atoms in total. The lowest BCUT2D eigenvalue weighted by Crippen LogP contribution is -3.15. The molecule has 1 saturated heterocycles. The Morgan fingerprint density at radius 1 is 1.27 bits per heavy atom. The van der Waals surface area contributed by atoms with Crippen molar-refractivity contribution in [2.24, 2.45) is 0 Å². The molecule has 1 aromatic rings. The van der Waals surface area contributed by atoms with Gasteiger partial charge in [0.05, 0.1) is 26.2 Å². The van der Waals surface area contributed by atoms with Crippen molar-refractivity contribution in [3.05, 3.63) is 29.3 Å². The first-order valence-corrected chi connectivity index (χ1v) is 9.63. The Labute approximate surface area is 161 Å². The number of aryl methyl sites for hydroxylation is 2. The molecule has 7 heteroatoms. The molecule has 3 N–H and O–H groups in total. The minimum absolute atomic E-state index is 0.111. The van der Waals surface area contributed by atoms with Gasteiger partial charge in [0.15, 0.2) is 11.7 Å². The molecule has 1 aliphatic heterocycles. The summed E-state index contributed by atoms with van der Waals surface area (Å²) in [5, 5.41) is 7.04. The Bertz CT molecular complexity index is 616. The first-order chi connectivity index (χ1) is 12.5. The number of quaternary nitrogens is 1. The van der Waals surface area contributed by atoms with Gasteiger partial charge in [-0.2, -0.15) is 0 Å². The topological polar surface area (TPSA) is 58.0 Å². The number of carbonyl (C=O) groups is 1. The van der Waals surface area contributed by atoms with Crippen molar-refractivity contribution in [3.63, 3.8) is 0 Å². The van der Waals surface area contributed by atoms with E-state index < -0.39 is 0 Å². The van der Waals surface area contributed by atoms with Crippen molar-refractivity contribution in [2.45, 2.75) is 20.3 Å². The number of carbonyl (C=O) groups excluding carboxylic acids is 1. The van der Waals surface area contributed by atoms with E-state index in [1.165, 1.54) is 16.0 Å². The summed E-state index contributed by atoms with van der Waals surface area (Å²) in [4.78, 5) is 15.5. The summed E-state index contributed by atoms with van der Waals surface area (Å²) in [6, 6.07) is 6.29. The van der Waals surface area contributed by atoms with Crippen molar-refractivity contribution < 1.29 is 14.4 Å². The van der Waals surface area contributed by atoms with Gasteiger partial charge >= 0.3 is 0 Å². The summed E-state index contributed by atoms with van der Waals surface area (Å²) in [5.74, 6) is 0.111. The maximum absolute atomic E-state index is 12.0. The quantitative estimate of drug-likeness (QED) is 0.472. The Balaban J connectivity index is 1.71. The van der Waals surface area contributed by atoms with Gasteiger partial charge in [0.2, 0.25) is 0 Å². The van der Waals surface area contributed by atoms with Crippen LogP contribution in [0.15, 0.2) is 18.2 Å². The van der Waals surface area contributed by atoms with Crippen LogP contribution in [0, 0.1) is 13.8 Å². The molecule has 2 rings (SSSR count). The summed E-state index contributed by atoms with van der Waals surface area (Å²) in [7, 11) is 1.67. The van der Waals surface area contributed by atoms with Crippen molar-refractivity contribution in [1.82, 2.24) is 10.2 Å². The lowest BCUT2D eigenvalue weighted by atomic mass is 10.1. The first kappa shape index (κ1) is 20.6. The summed E-state index contributed by atoms with van der Waals surface area (Å²) in [6.07, 6.45) is 0.851. The molecule has 0 aliphatic carbocycles. The lowest BCUT2D eigenvalue weighted by Gasteiger charge is -2.33. The molecule has 0 saturated carbocycles. The van der Waals surface area contributed by atoms with Crippen LogP contribution in [-0.2, 0) is 9.53 Å². The maximum atomic E-state index is 12.0. The molecule has 1 aromatic carbocycles. The van der Waals surface area contributed by atoms with Crippen molar-refractivity contribution >= 4 is 28.9 Å². The molecule has 1 aliphatic rings. The van der Waals surface area contributed by atoms with Crippen LogP contribution in [0.3, 0.4) is 0 Å². The Morgan fingerprint density at radius 2 is 2.00 bits per heavy atom. The van der Waals surface area contributed by atoms with Crippen molar-refractivity contribution in [1.29, 1.82) is 0 Å². The highest BCUT2D eigenvalue weighted by Crippen LogP contribution is 2.14. The molecule has 0 spiro atoms. The van der Waals surface area contributed by atoms with Gasteiger partial charge in [-0.05, 0) is 55.7 Å². The standard InChI is InChI=1S/C19H30N4O2S/c1-15-5-6-17(13-16(15)2)21-19(26)23-10-8-22(9-11-23)14-18(24)20-7-4-12-25-3/h5-6,13H,4,7-12,14H2,1-3H3,(H,20,24)(H,21,26)/p+1. The Kier molecular flexibility index (Phi) is 8.28. The van der Waals surface area contributed by atoms with E-state index in [1.54, 1.807) is 7.11 Å². The number of anilines is 1. The number of hydrogen-bond acceptors (Lipinski definition) is 3. The van der Waals surface area contributed by atoms with Crippen molar-refractivity contribution in [2.75, 3.05) is 58.3 Å². The van der Waals surface area contributed by atoms with E-state index in [4.69, 9.17) is 17.0 Å². The van der Waals surface area contributed by atoms with Crippen LogP contribution < -0.4 is 15.5 Å². The number of piperazine rings is 1. The molecular formula is C19H31N4O2S+. The van der Waals surface area contributed by atoms with Crippen LogP contribution >= 0.6 is 12.2 Å². The number of amides is 1. The fourth-order valence-electron chi connectivity index (χ4n) is 2.96. The van der Waals surface area contributed by atoms with E-state index >= 15 is 0 Å². The van der Waals surface area contributed by atoms with Gasteiger partial charge in [0, 0.05) is 25.9 Å². The smallest absolute Gasteiger partial charge is 0.275 e. The Hall–Kier alpha value is -1.70. The van der Waals surface area contributed by atoms with Crippen LogP contribution in [0.1, 0.15) is 17.5 Å².